The molecule has 4 aliphatic rings. The Morgan fingerprint density at radius 1 is 1.05 bits per heavy atom. The zero-order valence-electron chi connectivity index (χ0n) is 32.9. The van der Waals surface area contributed by atoms with Crippen molar-refractivity contribution in [3.63, 3.8) is 0 Å². The molecule has 4 saturated heterocycles. The summed E-state index contributed by atoms with van der Waals surface area (Å²) < 4.78 is 47.6. The maximum absolute atomic E-state index is 13.8. The largest absolute Gasteiger partial charge is 0.493 e. The van der Waals surface area contributed by atoms with Crippen LogP contribution in [-0.2, 0) is 31.8 Å². The van der Waals surface area contributed by atoms with Crippen molar-refractivity contribution in [3.05, 3.63) is 71.5 Å². The summed E-state index contributed by atoms with van der Waals surface area (Å²) in [4.78, 5) is 59.2. The zero-order chi connectivity index (χ0) is 42.2. The zero-order valence-corrected chi connectivity index (χ0v) is 33.7. The van der Waals surface area contributed by atoms with Crippen LogP contribution in [0.4, 0.5) is 35.9 Å². The van der Waals surface area contributed by atoms with E-state index in [4.69, 9.17) is 17.0 Å². The van der Waals surface area contributed by atoms with Gasteiger partial charge in [0.15, 0.2) is 10.8 Å². The Labute approximate surface area is 345 Å². The Morgan fingerprint density at radius 3 is 2.46 bits per heavy atom. The van der Waals surface area contributed by atoms with E-state index in [1.165, 1.54) is 6.07 Å². The number of nitrogens with one attached hydrogen (secondary N) is 3. The highest BCUT2D eigenvalue weighted by molar-refractivity contribution is 7.81. The van der Waals surface area contributed by atoms with Crippen molar-refractivity contribution >= 4 is 63.7 Å². The van der Waals surface area contributed by atoms with E-state index in [0.29, 0.717) is 60.3 Å². The predicted octanol–water partition coefficient (Wildman–Crippen LogP) is 6.32. The van der Waals surface area contributed by atoms with Crippen molar-refractivity contribution in [2.75, 3.05) is 33.6 Å². The van der Waals surface area contributed by atoms with Crippen molar-refractivity contribution in [1.29, 1.82) is 5.26 Å². The standard InChI is InChI=1S/C42H45F3N8O5S/c1-4-25-18-30(53-40(59)52(39(57)41(53,2)3)31-20-32(42(43,44)45)34(21-46)47-22-31)10-12-35(25)58-15-14-24-16-28-8-9-29(17-24)51(28)23-37(55)49-27-7-5-6-26(19-27)48-33-11-13-36(54)50-38(33)56/h5-7,10,12,18-20,22,24,28-29,33,48H,4,8-9,11,13-17,23H2,1-3H3,(H,49,55)(H,50,54,56)/t24?,28-,29+,33?. The average molecular weight is 831 g/mol. The second kappa shape index (κ2) is 16.6. The first-order valence-corrected chi connectivity index (χ1v) is 20.2. The van der Waals surface area contributed by atoms with Crippen LogP contribution in [0.1, 0.15) is 82.5 Å². The Balaban J connectivity index is 0.931. The number of hydrogen-bond donors (Lipinski definition) is 3. The number of thiocarbonyl (C=S) groups is 1. The lowest BCUT2D eigenvalue weighted by atomic mass is 9.88. The van der Waals surface area contributed by atoms with Gasteiger partial charge in [-0.2, -0.15) is 18.4 Å². The fourth-order valence-corrected chi connectivity index (χ4v) is 9.28. The van der Waals surface area contributed by atoms with Gasteiger partial charge in [-0.3, -0.25) is 34.3 Å². The third-order valence-corrected chi connectivity index (χ3v) is 12.1. The number of aromatic nitrogens is 1. The topological polar surface area (TPSA) is 160 Å². The highest BCUT2D eigenvalue weighted by atomic mass is 32.1. The molecular weight excluding hydrogens is 786 g/mol. The average Bonchev–Trinajstić information content (AvgIpc) is 3.51. The molecule has 17 heteroatoms. The SMILES string of the molecule is CCc1cc(N2C(=S)N(c3cnc(C#N)c(C(F)(F)F)c3)C(=O)C2(C)C)ccc1OCCC1C[C@H]2CC[C@@H](C1)N2CC(=O)Nc1cccc(NC2CCC(=O)NC2=O)c1. The molecule has 4 aliphatic heterocycles. The van der Waals surface area contributed by atoms with Crippen LogP contribution in [0.5, 0.6) is 5.75 Å². The molecule has 4 atom stereocenters. The highest BCUT2D eigenvalue weighted by Gasteiger charge is 2.51. The lowest BCUT2D eigenvalue weighted by Crippen LogP contribution is -2.47. The number of pyridine rings is 1. The van der Waals surface area contributed by atoms with Gasteiger partial charge in [-0.25, -0.2) is 4.98 Å². The first kappa shape index (κ1) is 41.6. The third-order valence-electron chi connectivity index (χ3n) is 11.7. The van der Waals surface area contributed by atoms with Gasteiger partial charge in [-0.1, -0.05) is 13.0 Å². The first-order chi connectivity index (χ1) is 28.1. The summed E-state index contributed by atoms with van der Waals surface area (Å²) in [5.41, 5.74) is -0.693. The highest BCUT2D eigenvalue weighted by Crippen LogP contribution is 2.42. The van der Waals surface area contributed by atoms with Crippen molar-refractivity contribution in [2.45, 2.75) is 102 Å². The first-order valence-electron chi connectivity index (χ1n) is 19.7. The van der Waals surface area contributed by atoms with Crippen molar-refractivity contribution in [2.24, 2.45) is 5.92 Å². The number of nitriles is 1. The molecule has 0 aliphatic carbocycles. The molecule has 4 amide bonds. The number of fused-ring (bicyclic) bond motifs is 2. The molecule has 7 rings (SSSR count). The van der Waals surface area contributed by atoms with E-state index in [9.17, 15) is 37.6 Å². The predicted molar refractivity (Wildman–Crippen MR) is 218 cm³/mol. The summed E-state index contributed by atoms with van der Waals surface area (Å²) in [7, 11) is 0. The molecule has 13 nitrogen and oxygen atoms in total. The number of hydrogen-bond acceptors (Lipinski definition) is 10. The number of carbonyl (C=O) groups excluding carboxylic acids is 4. The summed E-state index contributed by atoms with van der Waals surface area (Å²) in [5.74, 6) is -0.148. The Hall–Kier alpha value is -5.60. The van der Waals surface area contributed by atoms with E-state index >= 15 is 0 Å². The number of alkyl halides is 3. The van der Waals surface area contributed by atoms with Crippen LogP contribution in [-0.4, -0.2) is 75.4 Å². The Kier molecular flexibility index (Phi) is 11.7. The van der Waals surface area contributed by atoms with Crippen LogP contribution in [0.3, 0.4) is 0 Å². The summed E-state index contributed by atoms with van der Waals surface area (Å²) in [5, 5.41) is 17.7. The van der Waals surface area contributed by atoms with Crippen LogP contribution in [0.15, 0.2) is 54.7 Å². The lowest BCUT2D eigenvalue weighted by molar-refractivity contribution is -0.138. The van der Waals surface area contributed by atoms with Gasteiger partial charge in [-0.05, 0) is 125 Å². The van der Waals surface area contributed by atoms with Crippen molar-refractivity contribution < 1.29 is 37.1 Å². The van der Waals surface area contributed by atoms with Gasteiger partial charge in [-0.15, -0.1) is 0 Å². The minimum absolute atomic E-state index is 0.0117. The third kappa shape index (κ3) is 8.60. The maximum Gasteiger partial charge on any atom is 0.419 e. The number of ether oxygens (including phenoxy) is 1. The van der Waals surface area contributed by atoms with Gasteiger partial charge in [0.05, 0.1) is 30.6 Å². The van der Waals surface area contributed by atoms with Crippen LogP contribution >= 0.6 is 12.2 Å². The molecule has 4 fully saturated rings. The maximum atomic E-state index is 13.8. The van der Waals surface area contributed by atoms with Crippen LogP contribution in [0.25, 0.3) is 0 Å². The van der Waals surface area contributed by atoms with Crippen molar-refractivity contribution in [3.8, 4) is 11.8 Å². The molecule has 3 N–H and O–H groups in total. The van der Waals surface area contributed by atoms with Gasteiger partial charge in [0.2, 0.25) is 17.7 Å². The molecule has 59 heavy (non-hydrogen) atoms. The number of carbonyl (C=O) groups is 4. The van der Waals surface area contributed by atoms with Gasteiger partial charge in [0.25, 0.3) is 5.91 Å². The smallest absolute Gasteiger partial charge is 0.419 e. The number of halogens is 3. The molecular formula is C42H45F3N8O5S. The van der Waals surface area contributed by atoms with E-state index in [0.717, 1.165) is 54.8 Å². The molecule has 2 bridgehead atoms. The summed E-state index contributed by atoms with van der Waals surface area (Å²) in [6.45, 7) is 6.06. The van der Waals surface area contributed by atoms with Crippen LogP contribution < -0.4 is 30.5 Å². The van der Waals surface area contributed by atoms with Gasteiger partial charge >= 0.3 is 6.18 Å². The molecule has 3 aromatic rings. The Bertz CT molecular complexity index is 2210. The Morgan fingerprint density at radius 2 is 1.78 bits per heavy atom. The van der Waals surface area contributed by atoms with E-state index in [1.54, 1.807) is 43.0 Å². The van der Waals surface area contributed by atoms with Crippen molar-refractivity contribution in [1.82, 2.24) is 15.2 Å². The summed E-state index contributed by atoms with van der Waals surface area (Å²) >= 11 is 5.70. The van der Waals surface area contributed by atoms with Gasteiger partial charge in [0.1, 0.15) is 23.4 Å². The number of amides is 4. The van der Waals surface area contributed by atoms with E-state index in [1.807, 2.05) is 25.1 Å². The molecule has 1 aromatic heterocycles. The molecule has 0 radical (unpaired) electrons. The molecule has 5 heterocycles. The molecule has 0 saturated carbocycles. The molecule has 2 unspecified atom stereocenters. The number of rotatable bonds is 12. The fourth-order valence-electron chi connectivity index (χ4n) is 8.76. The minimum Gasteiger partial charge on any atom is -0.493 e. The quantitative estimate of drug-likeness (QED) is 0.139. The second-order valence-electron chi connectivity index (χ2n) is 16.0. The second-order valence-corrected chi connectivity index (χ2v) is 16.3. The number of piperidine rings is 2. The number of aryl methyl sites for hydroxylation is 1. The van der Waals surface area contributed by atoms with Gasteiger partial charge in [0, 0.05) is 35.6 Å². The fraction of sp³-hybridized carbons (Fsp3) is 0.452. The van der Waals surface area contributed by atoms with E-state index in [-0.39, 0.29) is 41.5 Å². The number of imide groups is 1. The number of benzene rings is 2. The van der Waals surface area contributed by atoms with Crippen LogP contribution in [0, 0.1) is 17.2 Å². The minimum atomic E-state index is -4.85. The number of anilines is 4. The molecule has 310 valence electrons. The number of nitrogens with zero attached hydrogens (tertiary/aromatic N) is 5. The lowest BCUT2D eigenvalue weighted by Gasteiger charge is -2.38. The van der Waals surface area contributed by atoms with Gasteiger partial charge < -0.3 is 20.3 Å². The normalized spacial score (nSPS) is 22.9. The monoisotopic (exact) mass is 830 g/mol. The molecule has 0 spiro atoms. The van der Waals surface area contributed by atoms with E-state index < -0.39 is 34.9 Å². The summed E-state index contributed by atoms with van der Waals surface area (Å²) in [6.07, 6.45) is 2.31. The van der Waals surface area contributed by atoms with E-state index in [2.05, 4.69) is 25.8 Å². The molecule has 2 aromatic carbocycles. The summed E-state index contributed by atoms with van der Waals surface area (Å²) in [6, 6.07) is 15.0. The van der Waals surface area contributed by atoms with Crippen LogP contribution in [0.2, 0.25) is 0 Å².